The van der Waals surface area contributed by atoms with Crippen LogP contribution in [0.5, 0.6) is 0 Å². The summed E-state index contributed by atoms with van der Waals surface area (Å²) < 4.78 is 0. The Hall–Kier alpha value is -0.840. The van der Waals surface area contributed by atoms with Crippen LogP contribution in [0, 0.1) is 17.8 Å². The molecule has 3 rings (SSSR count). The van der Waals surface area contributed by atoms with Crippen LogP contribution in [0.1, 0.15) is 37.0 Å². The molecule has 23 heavy (non-hydrogen) atoms. The SMILES string of the molecule is C=CCN(Cc1cccs1)C(=O)C1CC2CCCC(C1)C2N.Cl. The Morgan fingerprint density at radius 3 is 2.65 bits per heavy atom. The van der Waals surface area contributed by atoms with Crippen molar-refractivity contribution in [2.45, 2.75) is 44.7 Å². The molecule has 1 heterocycles. The summed E-state index contributed by atoms with van der Waals surface area (Å²) in [6.45, 7) is 5.16. The molecule has 1 amide bonds. The summed E-state index contributed by atoms with van der Waals surface area (Å²) >= 11 is 1.71. The zero-order valence-corrected chi connectivity index (χ0v) is 15.2. The molecule has 0 aromatic carbocycles. The zero-order valence-electron chi connectivity index (χ0n) is 13.5. The Bertz CT molecular complexity index is 505. The van der Waals surface area contributed by atoms with Crippen LogP contribution < -0.4 is 5.73 Å². The number of hydrogen-bond acceptors (Lipinski definition) is 3. The maximum Gasteiger partial charge on any atom is 0.226 e. The van der Waals surface area contributed by atoms with Crippen molar-refractivity contribution in [2.24, 2.45) is 23.5 Å². The van der Waals surface area contributed by atoms with Gasteiger partial charge in [-0.1, -0.05) is 18.6 Å². The number of carbonyl (C=O) groups excluding carboxylic acids is 1. The second-order valence-electron chi connectivity index (χ2n) is 6.78. The maximum absolute atomic E-state index is 13.0. The van der Waals surface area contributed by atoms with E-state index >= 15 is 0 Å². The van der Waals surface area contributed by atoms with Gasteiger partial charge in [0.1, 0.15) is 0 Å². The van der Waals surface area contributed by atoms with Crippen molar-refractivity contribution in [3.8, 4) is 0 Å². The lowest BCUT2D eigenvalue weighted by Crippen LogP contribution is -2.49. The topological polar surface area (TPSA) is 46.3 Å². The number of hydrogen-bond donors (Lipinski definition) is 1. The van der Waals surface area contributed by atoms with Gasteiger partial charge in [-0.05, 0) is 49.0 Å². The second-order valence-corrected chi connectivity index (χ2v) is 7.82. The van der Waals surface area contributed by atoms with Crippen molar-refractivity contribution in [3.63, 3.8) is 0 Å². The van der Waals surface area contributed by atoms with E-state index in [1.54, 1.807) is 11.3 Å². The molecule has 5 heteroatoms. The van der Waals surface area contributed by atoms with E-state index in [1.165, 1.54) is 24.1 Å². The molecule has 2 bridgehead atoms. The van der Waals surface area contributed by atoms with Crippen LogP contribution in [-0.2, 0) is 11.3 Å². The quantitative estimate of drug-likeness (QED) is 0.816. The van der Waals surface area contributed by atoms with E-state index in [2.05, 4.69) is 18.0 Å². The summed E-state index contributed by atoms with van der Waals surface area (Å²) in [5.41, 5.74) is 6.35. The fraction of sp³-hybridized carbons (Fsp3) is 0.611. The monoisotopic (exact) mass is 354 g/mol. The molecule has 2 fully saturated rings. The highest BCUT2D eigenvalue weighted by Gasteiger charge is 2.41. The van der Waals surface area contributed by atoms with E-state index in [0.29, 0.717) is 36.9 Å². The Balaban J connectivity index is 0.00000192. The number of rotatable bonds is 5. The Morgan fingerprint density at radius 1 is 1.39 bits per heavy atom. The van der Waals surface area contributed by atoms with E-state index < -0.39 is 0 Å². The van der Waals surface area contributed by atoms with Gasteiger partial charge in [-0.15, -0.1) is 30.3 Å². The standard InChI is InChI=1S/C18H26N2OS.ClH/c1-2-8-20(12-16-7-4-9-22-16)18(21)15-10-13-5-3-6-14(11-15)17(13)19;/h2,4,7,9,13-15,17H,1,3,5-6,8,10-12,19H2;1H. The number of thiophene rings is 1. The van der Waals surface area contributed by atoms with Gasteiger partial charge in [0.2, 0.25) is 5.91 Å². The third-order valence-corrected chi connectivity index (χ3v) is 6.21. The number of halogens is 1. The summed E-state index contributed by atoms with van der Waals surface area (Å²) in [6, 6.07) is 4.46. The van der Waals surface area contributed by atoms with Crippen LogP contribution in [0.3, 0.4) is 0 Å². The highest BCUT2D eigenvalue weighted by atomic mass is 35.5. The van der Waals surface area contributed by atoms with Crippen molar-refractivity contribution in [1.82, 2.24) is 4.90 Å². The summed E-state index contributed by atoms with van der Waals surface area (Å²) in [7, 11) is 0. The van der Waals surface area contributed by atoms with Gasteiger partial charge < -0.3 is 10.6 Å². The molecule has 0 spiro atoms. The molecule has 1 aromatic rings. The maximum atomic E-state index is 13.0. The first kappa shape index (κ1) is 18.5. The van der Waals surface area contributed by atoms with Gasteiger partial charge in [-0.25, -0.2) is 0 Å². The van der Waals surface area contributed by atoms with E-state index in [1.807, 2.05) is 17.0 Å². The Morgan fingerprint density at radius 2 is 2.09 bits per heavy atom. The smallest absolute Gasteiger partial charge is 0.226 e. The lowest BCUT2D eigenvalue weighted by molar-refractivity contribution is -0.138. The van der Waals surface area contributed by atoms with Crippen LogP contribution in [0.4, 0.5) is 0 Å². The van der Waals surface area contributed by atoms with E-state index in [9.17, 15) is 4.79 Å². The molecule has 128 valence electrons. The Kier molecular flexibility index (Phi) is 6.69. The fourth-order valence-corrected chi connectivity index (χ4v) is 4.95. The van der Waals surface area contributed by atoms with Crippen LogP contribution in [0.2, 0.25) is 0 Å². The van der Waals surface area contributed by atoms with Crippen LogP contribution in [0.15, 0.2) is 30.2 Å². The number of fused-ring (bicyclic) bond motifs is 2. The number of amides is 1. The first-order valence-corrected chi connectivity index (χ1v) is 9.24. The van der Waals surface area contributed by atoms with E-state index in [4.69, 9.17) is 5.73 Å². The zero-order chi connectivity index (χ0) is 15.5. The summed E-state index contributed by atoms with van der Waals surface area (Å²) in [5.74, 6) is 1.56. The normalized spacial score (nSPS) is 29.4. The molecule has 2 aliphatic rings. The first-order valence-electron chi connectivity index (χ1n) is 8.36. The average Bonchev–Trinajstić information content (AvgIpc) is 2.99. The minimum Gasteiger partial charge on any atom is -0.334 e. The minimum absolute atomic E-state index is 0. The number of carbonyl (C=O) groups is 1. The third-order valence-electron chi connectivity index (χ3n) is 5.35. The molecule has 2 unspecified atom stereocenters. The number of nitrogens with two attached hydrogens (primary N) is 1. The van der Waals surface area contributed by atoms with Crippen molar-refractivity contribution in [3.05, 3.63) is 35.0 Å². The molecular formula is C18H27ClN2OS. The van der Waals surface area contributed by atoms with Gasteiger partial charge in [0.25, 0.3) is 0 Å². The minimum atomic E-state index is 0. The molecule has 0 radical (unpaired) electrons. The molecule has 1 aromatic heterocycles. The lowest BCUT2D eigenvalue weighted by atomic mass is 9.65. The molecule has 2 saturated carbocycles. The highest BCUT2D eigenvalue weighted by molar-refractivity contribution is 7.09. The molecular weight excluding hydrogens is 328 g/mol. The summed E-state index contributed by atoms with van der Waals surface area (Å²) in [5, 5.41) is 2.07. The molecule has 2 atom stereocenters. The predicted molar refractivity (Wildman–Crippen MR) is 98.7 cm³/mol. The summed E-state index contributed by atoms with van der Waals surface area (Å²) in [6.07, 6.45) is 7.49. The summed E-state index contributed by atoms with van der Waals surface area (Å²) in [4.78, 5) is 16.2. The van der Waals surface area contributed by atoms with Crippen LogP contribution in [-0.4, -0.2) is 23.4 Å². The molecule has 2 N–H and O–H groups in total. The van der Waals surface area contributed by atoms with Gasteiger partial charge in [-0.2, -0.15) is 0 Å². The fourth-order valence-electron chi connectivity index (χ4n) is 4.23. The van der Waals surface area contributed by atoms with Crippen molar-refractivity contribution in [1.29, 1.82) is 0 Å². The molecule has 2 aliphatic carbocycles. The van der Waals surface area contributed by atoms with Crippen molar-refractivity contribution < 1.29 is 4.79 Å². The van der Waals surface area contributed by atoms with Crippen LogP contribution >= 0.6 is 23.7 Å². The third kappa shape index (κ3) is 4.17. The molecule has 3 nitrogen and oxygen atoms in total. The number of nitrogens with zero attached hydrogens (tertiary/aromatic N) is 1. The average molecular weight is 355 g/mol. The van der Waals surface area contributed by atoms with E-state index in [0.717, 1.165) is 12.8 Å². The van der Waals surface area contributed by atoms with Crippen molar-refractivity contribution in [2.75, 3.05) is 6.54 Å². The lowest BCUT2D eigenvalue weighted by Gasteiger charge is -2.44. The predicted octanol–water partition coefficient (Wildman–Crippen LogP) is 3.84. The first-order chi connectivity index (χ1) is 10.7. The van der Waals surface area contributed by atoms with E-state index in [-0.39, 0.29) is 18.3 Å². The largest absolute Gasteiger partial charge is 0.334 e. The van der Waals surface area contributed by atoms with Crippen molar-refractivity contribution >= 4 is 29.7 Å². The van der Waals surface area contributed by atoms with Gasteiger partial charge >= 0.3 is 0 Å². The Labute approximate surface area is 149 Å². The van der Waals surface area contributed by atoms with Gasteiger partial charge in [0.15, 0.2) is 0 Å². The highest BCUT2D eigenvalue weighted by Crippen LogP contribution is 2.42. The molecule has 0 saturated heterocycles. The van der Waals surface area contributed by atoms with Gasteiger partial charge in [0, 0.05) is 23.4 Å². The van der Waals surface area contributed by atoms with Gasteiger partial charge in [0.05, 0.1) is 6.54 Å². The van der Waals surface area contributed by atoms with Crippen LogP contribution in [0.25, 0.3) is 0 Å². The molecule has 0 aliphatic heterocycles. The second kappa shape index (κ2) is 8.32. The van der Waals surface area contributed by atoms with Gasteiger partial charge in [-0.3, -0.25) is 4.79 Å².